The molecule has 1 aromatic heterocycles. The normalized spacial score (nSPS) is 19.6. The second-order valence-electron chi connectivity index (χ2n) is 4.08. The molecule has 1 saturated carbocycles. The van der Waals surface area contributed by atoms with Crippen LogP contribution in [0.15, 0.2) is 0 Å². The summed E-state index contributed by atoms with van der Waals surface area (Å²) in [6.45, 7) is 0.984. The zero-order chi connectivity index (χ0) is 10.7. The standard InChI is InChI=1S/C9H17N5O/c1-14-12-8(11-13-14)6-15-9(7-10)4-2-3-5-9/h2-7,10H2,1H3. The van der Waals surface area contributed by atoms with Gasteiger partial charge in [0.15, 0.2) is 5.82 Å². The minimum absolute atomic E-state index is 0.140. The molecule has 0 spiro atoms. The molecule has 0 radical (unpaired) electrons. The second-order valence-corrected chi connectivity index (χ2v) is 4.08. The number of hydrogen-bond donors (Lipinski definition) is 1. The van der Waals surface area contributed by atoms with Crippen LogP contribution >= 0.6 is 0 Å². The van der Waals surface area contributed by atoms with Crippen molar-refractivity contribution in [3.8, 4) is 0 Å². The fraction of sp³-hybridized carbons (Fsp3) is 0.889. The van der Waals surface area contributed by atoms with E-state index in [0.717, 1.165) is 12.8 Å². The molecule has 1 heterocycles. The number of tetrazole rings is 1. The molecule has 1 aliphatic rings. The van der Waals surface area contributed by atoms with Crippen molar-refractivity contribution in [3.63, 3.8) is 0 Å². The largest absolute Gasteiger partial charge is 0.366 e. The Balaban J connectivity index is 1.91. The van der Waals surface area contributed by atoms with Crippen molar-refractivity contribution in [1.82, 2.24) is 20.2 Å². The smallest absolute Gasteiger partial charge is 0.200 e. The van der Waals surface area contributed by atoms with Crippen LogP contribution in [0.3, 0.4) is 0 Å². The van der Waals surface area contributed by atoms with Crippen LogP contribution in [-0.4, -0.2) is 32.4 Å². The van der Waals surface area contributed by atoms with Crippen molar-refractivity contribution in [2.24, 2.45) is 12.8 Å². The van der Waals surface area contributed by atoms with E-state index >= 15 is 0 Å². The number of hydrogen-bond acceptors (Lipinski definition) is 5. The van der Waals surface area contributed by atoms with Crippen LogP contribution in [0.2, 0.25) is 0 Å². The van der Waals surface area contributed by atoms with Crippen molar-refractivity contribution in [1.29, 1.82) is 0 Å². The molecular formula is C9H17N5O. The van der Waals surface area contributed by atoms with Gasteiger partial charge >= 0.3 is 0 Å². The Morgan fingerprint density at radius 2 is 2.20 bits per heavy atom. The minimum Gasteiger partial charge on any atom is -0.366 e. The Morgan fingerprint density at radius 3 is 2.73 bits per heavy atom. The molecule has 2 N–H and O–H groups in total. The van der Waals surface area contributed by atoms with Gasteiger partial charge in [-0.05, 0) is 18.1 Å². The number of rotatable bonds is 4. The van der Waals surface area contributed by atoms with Crippen molar-refractivity contribution in [2.75, 3.05) is 6.54 Å². The first kappa shape index (κ1) is 10.5. The highest BCUT2D eigenvalue weighted by Crippen LogP contribution is 2.32. The fourth-order valence-corrected chi connectivity index (χ4v) is 2.03. The first-order chi connectivity index (χ1) is 7.24. The van der Waals surface area contributed by atoms with Crippen LogP contribution in [0, 0.1) is 0 Å². The molecule has 15 heavy (non-hydrogen) atoms. The fourth-order valence-electron chi connectivity index (χ4n) is 2.03. The molecule has 0 unspecified atom stereocenters. The topological polar surface area (TPSA) is 78.8 Å². The van der Waals surface area contributed by atoms with Crippen LogP contribution < -0.4 is 5.73 Å². The summed E-state index contributed by atoms with van der Waals surface area (Å²) in [5.41, 5.74) is 5.61. The number of nitrogens with zero attached hydrogens (tertiary/aromatic N) is 4. The Labute approximate surface area is 88.8 Å². The predicted octanol–water partition coefficient (Wildman–Crippen LogP) is -0.00180. The summed E-state index contributed by atoms with van der Waals surface area (Å²) < 4.78 is 5.84. The van der Waals surface area contributed by atoms with E-state index in [4.69, 9.17) is 10.5 Å². The number of ether oxygens (including phenoxy) is 1. The summed E-state index contributed by atoms with van der Waals surface area (Å²) in [7, 11) is 1.74. The molecule has 0 bridgehead atoms. The van der Waals surface area contributed by atoms with Crippen LogP contribution in [0.4, 0.5) is 0 Å². The molecule has 6 heteroatoms. The van der Waals surface area contributed by atoms with Crippen LogP contribution in [0.5, 0.6) is 0 Å². The highest BCUT2D eigenvalue weighted by Gasteiger charge is 2.33. The van der Waals surface area contributed by atoms with E-state index in [0.29, 0.717) is 19.0 Å². The van der Waals surface area contributed by atoms with E-state index in [1.807, 2.05) is 0 Å². The zero-order valence-electron chi connectivity index (χ0n) is 9.02. The minimum atomic E-state index is -0.140. The van der Waals surface area contributed by atoms with Gasteiger partial charge in [-0.15, -0.1) is 10.2 Å². The summed E-state index contributed by atoms with van der Waals surface area (Å²) in [5, 5.41) is 11.7. The first-order valence-electron chi connectivity index (χ1n) is 5.31. The molecule has 1 aromatic rings. The molecule has 0 aromatic carbocycles. The number of nitrogens with two attached hydrogens (primary N) is 1. The molecule has 1 fully saturated rings. The first-order valence-corrected chi connectivity index (χ1v) is 5.31. The molecule has 1 aliphatic carbocycles. The molecular weight excluding hydrogens is 194 g/mol. The third-order valence-corrected chi connectivity index (χ3v) is 2.94. The van der Waals surface area contributed by atoms with Gasteiger partial charge in [0.2, 0.25) is 0 Å². The maximum Gasteiger partial charge on any atom is 0.200 e. The third kappa shape index (κ3) is 2.32. The van der Waals surface area contributed by atoms with Gasteiger partial charge in [-0.1, -0.05) is 12.8 Å². The molecule has 2 rings (SSSR count). The monoisotopic (exact) mass is 211 g/mol. The van der Waals surface area contributed by atoms with Gasteiger partial charge in [-0.3, -0.25) is 0 Å². The van der Waals surface area contributed by atoms with Crippen molar-refractivity contribution >= 4 is 0 Å². The molecule has 0 saturated heterocycles. The van der Waals surface area contributed by atoms with Crippen molar-refractivity contribution < 1.29 is 4.74 Å². The Hall–Kier alpha value is -1.01. The lowest BCUT2D eigenvalue weighted by molar-refractivity contribution is -0.0476. The van der Waals surface area contributed by atoms with E-state index in [1.54, 1.807) is 7.05 Å². The summed E-state index contributed by atoms with van der Waals surface area (Å²) in [6.07, 6.45) is 4.49. The van der Waals surface area contributed by atoms with E-state index in [2.05, 4.69) is 15.4 Å². The number of aryl methyl sites for hydroxylation is 1. The summed E-state index contributed by atoms with van der Waals surface area (Å²) >= 11 is 0. The molecule has 0 atom stereocenters. The van der Waals surface area contributed by atoms with Gasteiger partial charge in [0.05, 0.1) is 12.6 Å². The Kier molecular flexibility index (Phi) is 2.97. The quantitative estimate of drug-likeness (QED) is 0.758. The maximum absolute atomic E-state index is 5.84. The summed E-state index contributed by atoms with van der Waals surface area (Å²) in [4.78, 5) is 1.43. The van der Waals surface area contributed by atoms with Gasteiger partial charge in [0.1, 0.15) is 6.61 Å². The third-order valence-electron chi connectivity index (χ3n) is 2.94. The zero-order valence-corrected chi connectivity index (χ0v) is 9.02. The van der Waals surface area contributed by atoms with E-state index in [-0.39, 0.29) is 5.60 Å². The summed E-state index contributed by atoms with van der Waals surface area (Å²) in [5.74, 6) is 0.622. The molecule has 6 nitrogen and oxygen atoms in total. The van der Waals surface area contributed by atoms with E-state index < -0.39 is 0 Å². The highest BCUT2D eigenvalue weighted by atomic mass is 16.5. The van der Waals surface area contributed by atoms with Crippen LogP contribution in [0.25, 0.3) is 0 Å². The lowest BCUT2D eigenvalue weighted by atomic mass is 10.0. The van der Waals surface area contributed by atoms with E-state index in [9.17, 15) is 0 Å². The average molecular weight is 211 g/mol. The lowest BCUT2D eigenvalue weighted by Gasteiger charge is -2.26. The molecule has 0 aliphatic heterocycles. The van der Waals surface area contributed by atoms with Crippen molar-refractivity contribution in [2.45, 2.75) is 37.9 Å². The molecule has 84 valence electrons. The predicted molar refractivity (Wildman–Crippen MR) is 53.8 cm³/mol. The summed E-state index contributed by atoms with van der Waals surface area (Å²) in [6, 6.07) is 0. The van der Waals surface area contributed by atoms with Crippen LogP contribution in [0.1, 0.15) is 31.5 Å². The van der Waals surface area contributed by atoms with Gasteiger partial charge in [0.25, 0.3) is 0 Å². The van der Waals surface area contributed by atoms with Gasteiger partial charge in [0, 0.05) is 6.54 Å². The highest BCUT2D eigenvalue weighted by molar-refractivity contribution is 4.88. The van der Waals surface area contributed by atoms with Gasteiger partial charge < -0.3 is 10.5 Å². The molecule has 0 amide bonds. The average Bonchev–Trinajstić information content (AvgIpc) is 2.85. The second kappa shape index (κ2) is 4.24. The van der Waals surface area contributed by atoms with Gasteiger partial charge in [-0.25, -0.2) is 0 Å². The van der Waals surface area contributed by atoms with Gasteiger partial charge in [-0.2, -0.15) is 4.80 Å². The SMILES string of the molecule is Cn1nnc(COC2(CN)CCCC2)n1. The maximum atomic E-state index is 5.84. The van der Waals surface area contributed by atoms with E-state index in [1.165, 1.54) is 17.6 Å². The number of aromatic nitrogens is 4. The van der Waals surface area contributed by atoms with Crippen molar-refractivity contribution in [3.05, 3.63) is 5.82 Å². The Morgan fingerprint density at radius 1 is 1.47 bits per heavy atom. The lowest BCUT2D eigenvalue weighted by Crippen LogP contribution is -2.37. The Bertz CT molecular complexity index is 318. The van der Waals surface area contributed by atoms with Crippen LogP contribution in [-0.2, 0) is 18.4 Å².